The minimum Gasteiger partial charge on any atom is -0.304 e. The fourth-order valence-corrected chi connectivity index (χ4v) is 3.62. The van der Waals surface area contributed by atoms with Crippen molar-refractivity contribution in [3.05, 3.63) is 77.2 Å². The zero-order chi connectivity index (χ0) is 20.8. The third-order valence-electron chi connectivity index (χ3n) is 5.26. The molecule has 0 aliphatic heterocycles. The molecule has 0 fully saturated rings. The van der Waals surface area contributed by atoms with Crippen molar-refractivity contribution in [1.29, 1.82) is 0 Å². The van der Waals surface area contributed by atoms with E-state index in [9.17, 15) is 9.18 Å². The number of rotatable bonds is 4. The number of nitrogens with zero attached hydrogens (tertiary/aromatic N) is 7. The van der Waals surface area contributed by atoms with Crippen molar-refractivity contribution in [3.63, 3.8) is 0 Å². The lowest BCUT2D eigenvalue weighted by Crippen LogP contribution is -2.25. The molecule has 0 unspecified atom stereocenters. The van der Waals surface area contributed by atoms with Crippen LogP contribution in [0.4, 0.5) is 4.39 Å². The second kappa shape index (κ2) is 6.87. The third-order valence-corrected chi connectivity index (χ3v) is 5.26. The van der Waals surface area contributed by atoms with E-state index in [-0.39, 0.29) is 11.2 Å². The number of pyridine rings is 3. The Kier molecular flexibility index (Phi) is 4.16. The van der Waals surface area contributed by atoms with E-state index in [1.807, 2.05) is 20.0 Å². The van der Waals surface area contributed by atoms with Gasteiger partial charge in [0.25, 0.3) is 5.56 Å². The third kappa shape index (κ3) is 2.78. The molecule has 8 nitrogen and oxygen atoms in total. The van der Waals surface area contributed by atoms with Gasteiger partial charge < -0.3 is 4.57 Å². The summed E-state index contributed by atoms with van der Waals surface area (Å²) in [6.07, 6.45) is 8.64. The van der Waals surface area contributed by atoms with Crippen molar-refractivity contribution in [3.8, 4) is 11.1 Å². The molecule has 9 heteroatoms. The smallest absolute Gasteiger partial charge is 0.260 e. The topological polar surface area (TPSA) is 82.9 Å². The molecule has 150 valence electrons. The van der Waals surface area contributed by atoms with Gasteiger partial charge in [-0.1, -0.05) is 0 Å². The highest BCUT2D eigenvalue weighted by Gasteiger charge is 2.20. The summed E-state index contributed by atoms with van der Waals surface area (Å²) in [7, 11) is 0. The van der Waals surface area contributed by atoms with E-state index in [1.165, 1.54) is 6.07 Å². The van der Waals surface area contributed by atoms with Crippen LogP contribution in [0.1, 0.15) is 25.7 Å². The Morgan fingerprint density at radius 1 is 1.17 bits per heavy atom. The number of hydrogen-bond acceptors (Lipinski definition) is 5. The van der Waals surface area contributed by atoms with Crippen LogP contribution in [0.5, 0.6) is 0 Å². The Balaban J connectivity index is 1.66. The predicted molar refractivity (Wildman–Crippen MR) is 110 cm³/mol. The van der Waals surface area contributed by atoms with E-state index in [0.29, 0.717) is 22.3 Å². The fraction of sp³-hybridized carbons (Fsp3) is 0.190. The summed E-state index contributed by atoms with van der Waals surface area (Å²) < 4.78 is 19.7. The van der Waals surface area contributed by atoms with Crippen molar-refractivity contribution < 1.29 is 4.39 Å². The SMILES string of the molecule is CCn1cc(-c2cc(F)c3nnc([C@@H](C)n4ccc5ncccc5c4=O)n3c2)cn1. The number of aryl methyl sites for hydroxylation is 1. The Morgan fingerprint density at radius 2 is 2.03 bits per heavy atom. The second-order valence-corrected chi connectivity index (χ2v) is 7.05. The Bertz CT molecular complexity index is 1450. The van der Waals surface area contributed by atoms with Gasteiger partial charge in [-0.05, 0) is 38.1 Å². The van der Waals surface area contributed by atoms with Gasteiger partial charge >= 0.3 is 0 Å². The highest BCUT2D eigenvalue weighted by atomic mass is 19.1. The van der Waals surface area contributed by atoms with Gasteiger partial charge in [-0.25, -0.2) is 4.39 Å². The Hall–Kier alpha value is -3.88. The van der Waals surface area contributed by atoms with Gasteiger partial charge in [0.15, 0.2) is 17.3 Å². The van der Waals surface area contributed by atoms with E-state index in [0.717, 1.165) is 12.1 Å². The lowest BCUT2D eigenvalue weighted by Gasteiger charge is -2.14. The average Bonchev–Trinajstić information content (AvgIpc) is 3.41. The van der Waals surface area contributed by atoms with Gasteiger partial charge in [-0.2, -0.15) is 5.10 Å². The lowest BCUT2D eigenvalue weighted by atomic mass is 10.1. The van der Waals surface area contributed by atoms with Crippen molar-refractivity contribution in [1.82, 2.24) is 33.9 Å². The van der Waals surface area contributed by atoms with E-state index in [2.05, 4.69) is 20.3 Å². The van der Waals surface area contributed by atoms with Crippen LogP contribution in [0.25, 0.3) is 27.7 Å². The van der Waals surface area contributed by atoms with E-state index < -0.39 is 11.9 Å². The van der Waals surface area contributed by atoms with Crippen LogP contribution in [0.15, 0.2) is 60.0 Å². The Morgan fingerprint density at radius 3 is 2.83 bits per heavy atom. The summed E-state index contributed by atoms with van der Waals surface area (Å²) in [6.45, 7) is 4.54. The molecular weight excluding hydrogens is 385 g/mol. The minimum atomic E-state index is -0.488. The van der Waals surface area contributed by atoms with Crippen molar-refractivity contribution >= 4 is 16.6 Å². The first-order valence-corrected chi connectivity index (χ1v) is 9.59. The monoisotopic (exact) mass is 403 g/mol. The van der Waals surface area contributed by atoms with Crippen LogP contribution in [0, 0.1) is 5.82 Å². The van der Waals surface area contributed by atoms with Crippen LogP contribution in [-0.4, -0.2) is 33.9 Å². The first-order chi connectivity index (χ1) is 14.6. The van der Waals surface area contributed by atoms with Gasteiger partial charge in [0, 0.05) is 42.5 Å². The molecule has 0 spiro atoms. The molecule has 0 saturated carbocycles. The maximum atomic E-state index is 14.8. The Labute approximate surface area is 170 Å². The molecule has 5 rings (SSSR count). The second-order valence-electron chi connectivity index (χ2n) is 7.05. The van der Waals surface area contributed by atoms with Crippen LogP contribution < -0.4 is 5.56 Å². The van der Waals surface area contributed by atoms with Crippen LogP contribution in [0.2, 0.25) is 0 Å². The van der Waals surface area contributed by atoms with Crippen LogP contribution in [0.3, 0.4) is 0 Å². The quantitative estimate of drug-likeness (QED) is 0.461. The number of hydrogen-bond donors (Lipinski definition) is 0. The van der Waals surface area contributed by atoms with Gasteiger partial charge in [0.1, 0.15) is 0 Å². The van der Waals surface area contributed by atoms with E-state index >= 15 is 0 Å². The molecule has 0 saturated heterocycles. The summed E-state index contributed by atoms with van der Waals surface area (Å²) in [6, 6.07) is 6.19. The molecule has 0 aliphatic carbocycles. The largest absolute Gasteiger partial charge is 0.304 e. The molecule has 0 aromatic carbocycles. The highest BCUT2D eigenvalue weighted by Crippen LogP contribution is 2.24. The standard InChI is InChI=1S/C21H18FN7O/c1-3-27-11-15(10-24-27)14-9-17(22)20-26-25-19(29(20)12-14)13(2)28-8-6-18-16(21(28)30)5-4-7-23-18/h4-13H,3H2,1-2H3/t13-/m1/s1. The molecule has 1 atom stereocenters. The number of halogens is 1. The molecule has 30 heavy (non-hydrogen) atoms. The van der Waals surface area contributed by atoms with Crippen molar-refractivity contribution in [2.24, 2.45) is 0 Å². The number of aromatic nitrogens is 7. The summed E-state index contributed by atoms with van der Waals surface area (Å²) in [5, 5.41) is 13.0. The lowest BCUT2D eigenvalue weighted by molar-refractivity contribution is 0.575. The van der Waals surface area contributed by atoms with Gasteiger partial charge in [0.05, 0.1) is 23.1 Å². The predicted octanol–water partition coefficient (Wildman–Crippen LogP) is 3.07. The maximum absolute atomic E-state index is 14.8. The number of fused-ring (bicyclic) bond motifs is 2. The molecule has 5 aromatic rings. The summed E-state index contributed by atoms with van der Waals surface area (Å²) in [4.78, 5) is 17.2. The normalized spacial score (nSPS) is 12.6. The average molecular weight is 403 g/mol. The first kappa shape index (κ1) is 18.2. The fourth-order valence-electron chi connectivity index (χ4n) is 3.62. The molecule has 0 amide bonds. The van der Waals surface area contributed by atoms with Gasteiger partial charge in [-0.15, -0.1) is 10.2 Å². The van der Waals surface area contributed by atoms with Gasteiger partial charge in [0.2, 0.25) is 0 Å². The van der Waals surface area contributed by atoms with Crippen LogP contribution >= 0.6 is 0 Å². The zero-order valence-corrected chi connectivity index (χ0v) is 16.4. The molecule has 0 bridgehead atoms. The van der Waals surface area contributed by atoms with Crippen molar-refractivity contribution in [2.75, 3.05) is 0 Å². The van der Waals surface area contributed by atoms with E-state index in [1.54, 1.807) is 56.6 Å². The first-order valence-electron chi connectivity index (χ1n) is 9.59. The van der Waals surface area contributed by atoms with Crippen molar-refractivity contribution in [2.45, 2.75) is 26.4 Å². The molecular formula is C21H18FN7O. The minimum absolute atomic E-state index is 0.110. The molecule has 5 heterocycles. The summed E-state index contributed by atoms with van der Waals surface area (Å²) in [5.41, 5.74) is 1.99. The van der Waals surface area contributed by atoms with E-state index in [4.69, 9.17) is 0 Å². The zero-order valence-electron chi connectivity index (χ0n) is 16.4. The highest BCUT2D eigenvalue weighted by molar-refractivity contribution is 5.76. The van der Waals surface area contributed by atoms with Crippen LogP contribution in [-0.2, 0) is 6.54 Å². The molecule has 0 N–H and O–H groups in total. The molecule has 5 aromatic heterocycles. The maximum Gasteiger partial charge on any atom is 0.260 e. The molecule has 0 aliphatic rings. The summed E-state index contributed by atoms with van der Waals surface area (Å²) in [5.74, 6) is -0.0308. The summed E-state index contributed by atoms with van der Waals surface area (Å²) >= 11 is 0. The van der Waals surface area contributed by atoms with Gasteiger partial charge in [-0.3, -0.25) is 18.9 Å². The molecule has 0 radical (unpaired) electrons.